The van der Waals surface area contributed by atoms with Crippen LogP contribution in [-0.2, 0) is 24.2 Å². The van der Waals surface area contributed by atoms with Crippen LogP contribution in [0.25, 0.3) is 0 Å². The van der Waals surface area contributed by atoms with Crippen LogP contribution in [0.4, 0.5) is 0 Å². The number of rotatable bonds is 8. The van der Waals surface area contributed by atoms with Crippen molar-refractivity contribution in [2.45, 2.75) is 26.4 Å². The molecule has 0 amide bonds. The first kappa shape index (κ1) is 24.8. The molecule has 1 aromatic heterocycles. The molecule has 1 fully saturated rings. The monoisotopic (exact) mass is 543 g/mol. The molecular weight excluding hydrogens is 513 g/mol. The Labute approximate surface area is 201 Å². The van der Waals surface area contributed by atoms with Gasteiger partial charge in [-0.1, -0.05) is 41.9 Å². The van der Waals surface area contributed by atoms with Gasteiger partial charge in [-0.05, 0) is 36.1 Å². The number of morpholine rings is 1. The normalized spacial score (nSPS) is 14.8. The third-order valence-electron chi connectivity index (χ3n) is 4.76. The predicted molar refractivity (Wildman–Crippen MR) is 134 cm³/mol. The summed E-state index contributed by atoms with van der Waals surface area (Å²) in [4.78, 5) is 11.3. The highest BCUT2D eigenvalue weighted by Crippen LogP contribution is 2.11. The predicted octanol–water partition coefficient (Wildman–Crippen LogP) is 3.48. The molecule has 3 rings (SSSR count). The molecule has 164 valence electrons. The average molecular weight is 544 g/mol. The second-order valence-electron chi connectivity index (χ2n) is 7.07. The molecule has 2 aromatic rings. The zero-order valence-corrected chi connectivity index (χ0v) is 20.5. The number of pyridine rings is 1. The zero-order valence-electron chi connectivity index (χ0n) is 17.4. The first-order valence-electron chi connectivity index (χ1n) is 10.2. The molecule has 1 aromatic carbocycles. The topological polar surface area (TPSA) is 61.8 Å². The van der Waals surface area contributed by atoms with Crippen LogP contribution < -0.4 is 10.6 Å². The number of benzene rings is 1. The van der Waals surface area contributed by atoms with E-state index in [2.05, 4.69) is 51.7 Å². The molecular formula is C22H31ClIN5O. The van der Waals surface area contributed by atoms with E-state index in [1.807, 2.05) is 18.3 Å². The molecule has 0 bridgehead atoms. The minimum Gasteiger partial charge on any atom is -0.379 e. The largest absolute Gasteiger partial charge is 0.379 e. The third-order valence-corrected chi connectivity index (χ3v) is 4.98. The summed E-state index contributed by atoms with van der Waals surface area (Å²) >= 11 is 5.84. The molecule has 2 heterocycles. The van der Waals surface area contributed by atoms with Crippen LogP contribution in [-0.4, -0.2) is 55.2 Å². The molecule has 30 heavy (non-hydrogen) atoms. The van der Waals surface area contributed by atoms with Crippen LogP contribution in [0.15, 0.2) is 47.6 Å². The van der Waals surface area contributed by atoms with Crippen LogP contribution in [0.3, 0.4) is 0 Å². The highest BCUT2D eigenvalue weighted by Gasteiger charge is 2.10. The first-order chi connectivity index (χ1) is 14.2. The highest BCUT2D eigenvalue weighted by molar-refractivity contribution is 14.0. The Morgan fingerprint density at radius 2 is 1.93 bits per heavy atom. The maximum atomic E-state index is 5.84. The van der Waals surface area contributed by atoms with E-state index in [4.69, 9.17) is 21.3 Å². The van der Waals surface area contributed by atoms with Gasteiger partial charge in [0.25, 0.3) is 0 Å². The lowest BCUT2D eigenvalue weighted by molar-refractivity contribution is 0.0342. The summed E-state index contributed by atoms with van der Waals surface area (Å²) in [5, 5.41) is 7.22. The Kier molecular flexibility index (Phi) is 11.4. The first-order valence-corrected chi connectivity index (χ1v) is 10.6. The van der Waals surface area contributed by atoms with Gasteiger partial charge >= 0.3 is 0 Å². The fourth-order valence-corrected chi connectivity index (χ4v) is 3.35. The summed E-state index contributed by atoms with van der Waals surface area (Å²) in [6.45, 7) is 8.95. The van der Waals surface area contributed by atoms with E-state index in [1.165, 1.54) is 11.1 Å². The number of hydrogen-bond acceptors (Lipinski definition) is 4. The second-order valence-corrected chi connectivity index (χ2v) is 7.46. The molecule has 6 nitrogen and oxygen atoms in total. The van der Waals surface area contributed by atoms with Gasteiger partial charge in [0.2, 0.25) is 0 Å². The van der Waals surface area contributed by atoms with Crippen LogP contribution in [0.5, 0.6) is 0 Å². The number of nitrogens with zero attached hydrogens (tertiary/aromatic N) is 3. The molecule has 1 aliphatic rings. The molecule has 0 aliphatic carbocycles. The summed E-state index contributed by atoms with van der Waals surface area (Å²) in [6.07, 6.45) is 2.68. The van der Waals surface area contributed by atoms with Crippen LogP contribution in [0.2, 0.25) is 5.15 Å². The van der Waals surface area contributed by atoms with E-state index in [-0.39, 0.29) is 24.0 Å². The van der Waals surface area contributed by atoms with Crippen molar-refractivity contribution in [1.29, 1.82) is 0 Å². The Balaban J connectivity index is 0.00000320. The van der Waals surface area contributed by atoms with Crippen molar-refractivity contribution in [3.63, 3.8) is 0 Å². The lowest BCUT2D eigenvalue weighted by atomic mass is 10.1. The SMILES string of the molecule is CCNC(=NCc1cccc(CN2CCOCC2)c1)NCCc1ccc(Cl)nc1.I. The molecule has 0 radical (unpaired) electrons. The van der Waals surface area contributed by atoms with Gasteiger partial charge in [0.05, 0.1) is 19.8 Å². The Morgan fingerprint density at radius 3 is 2.67 bits per heavy atom. The van der Waals surface area contributed by atoms with Crippen LogP contribution >= 0.6 is 35.6 Å². The number of aromatic nitrogens is 1. The summed E-state index contributed by atoms with van der Waals surface area (Å²) in [5.41, 5.74) is 3.69. The van der Waals surface area contributed by atoms with Crippen molar-refractivity contribution in [3.05, 3.63) is 64.4 Å². The van der Waals surface area contributed by atoms with Gasteiger partial charge in [-0.3, -0.25) is 4.90 Å². The van der Waals surface area contributed by atoms with Gasteiger partial charge in [-0.25, -0.2) is 9.98 Å². The Bertz CT molecular complexity index is 781. The van der Waals surface area contributed by atoms with E-state index in [1.54, 1.807) is 0 Å². The lowest BCUT2D eigenvalue weighted by Crippen LogP contribution is -2.38. The third kappa shape index (κ3) is 8.75. The molecule has 0 unspecified atom stereocenters. The molecule has 1 saturated heterocycles. The van der Waals surface area contributed by atoms with Crippen molar-refractivity contribution in [1.82, 2.24) is 20.5 Å². The Hall–Kier alpha value is -1.42. The number of guanidine groups is 1. The molecule has 0 spiro atoms. The van der Waals surface area contributed by atoms with Crippen molar-refractivity contribution in [2.24, 2.45) is 4.99 Å². The number of ether oxygens (including phenoxy) is 1. The van der Waals surface area contributed by atoms with Gasteiger partial charge in [0, 0.05) is 38.9 Å². The van der Waals surface area contributed by atoms with Crippen molar-refractivity contribution in [2.75, 3.05) is 39.4 Å². The summed E-state index contributed by atoms with van der Waals surface area (Å²) < 4.78 is 5.43. The molecule has 2 N–H and O–H groups in total. The van der Waals surface area contributed by atoms with E-state index >= 15 is 0 Å². The van der Waals surface area contributed by atoms with Crippen LogP contribution in [0.1, 0.15) is 23.6 Å². The number of aliphatic imine (C=N–C) groups is 1. The van der Waals surface area contributed by atoms with E-state index in [0.29, 0.717) is 11.7 Å². The summed E-state index contributed by atoms with van der Waals surface area (Å²) in [7, 11) is 0. The van der Waals surface area contributed by atoms with Gasteiger partial charge in [0.1, 0.15) is 5.15 Å². The van der Waals surface area contributed by atoms with Crippen molar-refractivity contribution < 1.29 is 4.74 Å². The number of nitrogens with one attached hydrogen (secondary N) is 2. The average Bonchev–Trinajstić information content (AvgIpc) is 2.74. The quantitative estimate of drug-likeness (QED) is 0.231. The molecule has 0 saturated carbocycles. The maximum Gasteiger partial charge on any atom is 0.191 e. The van der Waals surface area contributed by atoms with E-state index in [0.717, 1.165) is 63.9 Å². The van der Waals surface area contributed by atoms with E-state index < -0.39 is 0 Å². The fourth-order valence-electron chi connectivity index (χ4n) is 3.24. The zero-order chi connectivity index (χ0) is 20.3. The number of hydrogen-bond donors (Lipinski definition) is 2. The minimum atomic E-state index is 0. The Morgan fingerprint density at radius 1 is 1.13 bits per heavy atom. The van der Waals surface area contributed by atoms with E-state index in [9.17, 15) is 0 Å². The van der Waals surface area contributed by atoms with Crippen LogP contribution in [0, 0.1) is 0 Å². The standard InChI is InChI=1S/C22H30ClN5O.HI/c1-2-24-22(25-9-8-18-6-7-21(23)26-15-18)27-16-19-4-3-5-20(14-19)17-28-10-12-29-13-11-28;/h3-7,14-15H,2,8-13,16-17H2,1H3,(H2,24,25,27);1H. The molecule has 0 atom stereocenters. The van der Waals surface area contributed by atoms with Crippen molar-refractivity contribution >= 4 is 41.5 Å². The molecule has 1 aliphatic heterocycles. The van der Waals surface area contributed by atoms with Gasteiger partial charge < -0.3 is 15.4 Å². The summed E-state index contributed by atoms with van der Waals surface area (Å²) in [6, 6.07) is 12.5. The highest BCUT2D eigenvalue weighted by atomic mass is 127. The second kappa shape index (κ2) is 13.8. The van der Waals surface area contributed by atoms with Gasteiger partial charge in [0.15, 0.2) is 5.96 Å². The minimum absolute atomic E-state index is 0. The van der Waals surface area contributed by atoms with Gasteiger partial charge in [-0.15, -0.1) is 24.0 Å². The summed E-state index contributed by atoms with van der Waals surface area (Å²) in [5.74, 6) is 0.827. The van der Waals surface area contributed by atoms with Crippen molar-refractivity contribution in [3.8, 4) is 0 Å². The fraction of sp³-hybridized carbons (Fsp3) is 0.455. The van der Waals surface area contributed by atoms with Gasteiger partial charge in [-0.2, -0.15) is 0 Å². The smallest absolute Gasteiger partial charge is 0.191 e. The molecule has 8 heteroatoms. The number of halogens is 2. The maximum absolute atomic E-state index is 5.84. The lowest BCUT2D eigenvalue weighted by Gasteiger charge is -2.26.